The summed E-state index contributed by atoms with van der Waals surface area (Å²) in [5, 5.41) is 6.51. The van der Waals surface area contributed by atoms with Gasteiger partial charge in [0, 0.05) is 44.8 Å². The lowest BCUT2D eigenvalue weighted by Gasteiger charge is -2.35. The number of nitrogens with one attached hydrogen (secondary N) is 2. The second kappa shape index (κ2) is 7.37. The number of aromatic nitrogens is 2. The lowest BCUT2D eigenvalue weighted by molar-refractivity contribution is -0.118. The highest BCUT2D eigenvalue weighted by Gasteiger charge is 2.28. The van der Waals surface area contributed by atoms with Gasteiger partial charge in [0.05, 0.1) is 12.6 Å². The Labute approximate surface area is 149 Å². The first-order valence-electron chi connectivity index (χ1n) is 8.75. The first-order chi connectivity index (χ1) is 12.0. The van der Waals surface area contributed by atoms with Gasteiger partial charge in [-0.25, -0.2) is 4.98 Å². The third kappa shape index (κ3) is 3.91. The zero-order chi connectivity index (χ0) is 18.0. The smallest absolute Gasteiger partial charge is 0.238 e. The van der Waals surface area contributed by atoms with E-state index in [0.717, 1.165) is 42.3 Å². The average molecular weight is 341 g/mol. The van der Waals surface area contributed by atoms with Crippen molar-refractivity contribution in [2.75, 3.05) is 31.5 Å². The second-order valence-corrected chi connectivity index (χ2v) is 6.91. The summed E-state index contributed by atoms with van der Waals surface area (Å²) in [6.07, 6.45) is 3.75. The fourth-order valence-corrected chi connectivity index (χ4v) is 3.63. The zero-order valence-electron chi connectivity index (χ0n) is 15.5. The van der Waals surface area contributed by atoms with Gasteiger partial charge < -0.3 is 15.2 Å². The van der Waals surface area contributed by atoms with Gasteiger partial charge in [0.15, 0.2) is 0 Å². The summed E-state index contributed by atoms with van der Waals surface area (Å²) in [6.45, 7) is 9.04. The summed E-state index contributed by atoms with van der Waals surface area (Å²) in [4.78, 5) is 19.3. The molecule has 1 unspecified atom stereocenters. The fraction of sp³-hybridized carbons (Fsp3) is 0.474. The number of carbonyl (C=O) groups is 1. The Morgan fingerprint density at radius 2 is 2.04 bits per heavy atom. The quantitative estimate of drug-likeness (QED) is 0.892. The molecule has 1 aromatic heterocycles. The molecule has 6 heteroatoms. The first-order valence-corrected chi connectivity index (χ1v) is 8.75. The molecule has 1 fully saturated rings. The number of carbonyl (C=O) groups excluding carboxylic acids is 1. The van der Waals surface area contributed by atoms with Gasteiger partial charge in [-0.15, -0.1) is 0 Å². The number of anilines is 1. The zero-order valence-corrected chi connectivity index (χ0v) is 15.5. The highest BCUT2D eigenvalue weighted by molar-refractivity contribution is 5.93. The van der Waals surface area contributed by atoms with E-state index in [1.165, 1.54) is 5.56 Å². The van der Waals surface area contributed by atoms with Crippen molar-refractivity contribution < 1.29 is 4.79 Å². The van der Waals surface area contributed by atoms with Gasteiger partial charge >= 0.3 is 0 Å². The number of amides is 1. The maximum absolute atomic E-state index is 12.7. The van der Waals surface area contributed by atoms with Crippen LogP contribution in [-0.2, 0) is 11.8 Å². The van der Waals surface area contributed by atoms with E-state index >= 15 is 0 Å². The van der Waals surface area contributed by atoms with Gasteiger partial charge in [-0.3, -0.25) is 9.69 Å². The maximum atomic E-state index is 12.7. The molecule has 3 rings (SSSR count). The number of nitrogens with zero attached hydrogens (tertiary/aromatic N) is 3. The maximum Gasteiger partial charge on any atom is 0.238 e. The van der Waals surface area contributed by atoms with Crippen LogP contribution in [0.3, 0.4) is 0 Å². The normalized spacial score (nSPS) is 18.3. The number of hydrogen-bond donors (Lipinski definition) is 2. The number of rotatable bonds is 4. The standard InChI is InChI=1S/C19H27N5O/c1-13-9-14(2)18(15(3)10-13)22-17(25)12-24-8-5-20-11-16(24)19-21-6-7-23(19)4/h6-7,9-10,16,20H,5,8,11-12H2,1-4H3,(H,22,25). The molecule has 0 saturated carbocycles. The monoisotopic (exact) mass is 341 g/mol. The topological polar surface area (TPSA) is 62.2 Å². The van der Waals surface area contributed by atoms with Crippen LogP contribution < -0.4 is 10.6 Å². The van der Waals surface area contributed by atoms with Crippen molar-refractivity contribution in [2.45, 2.75) is 26.8 Å². The molecule has 0 spiro atoms. The van der Waals surface area contributed by atoms with Crippen molar-refractivity contribution in [2.24, 2.45) is 7.05 Å². The van der Waals surface area contributed by atoms with Gasteiger partial charge in [-0.2, -0.15) is 0 Å². The van der Waals surface area contributed by atoms with Gasteiger partial charge in [0.25, 0.3) is 0 Å². The lowest BCUT2D eigenvalue weighted by Crippen LogP contribution is -2.49. The van der Waals surface area contributed by atoms with E-state index in [0.29, 0.717) is 6.54 Å². The molecule has 1 atom stereocenters. The summed E-state index contributed by atoms with van der Waals surface area (Å²) in [6, 6.07) is 4.31. The Hall–Kier alpha value is -2.18. The molecule has 25 heavy (non-hydrogen) atoms. The minimum Gasteiger partial charge on any atom is -0.337 e. The van der Waals surface area contributed by atoms with Crippen molar-refractivity contribution in [3.05, 3.63) is 47.0 Å². The van der Waals surface area contributed by atoms with Crippen LogP contribution in [0, 0.1) is 20.8 Å². The predicted octanol–water partition coefficient (Wildman–Crippen LogP) is 1.93. The molecule has 0 aliphatic carbocycles. The molecular formula is C19H27N5O. The largest absolute Gasteiger partial charge is 0.337 e. The molecule has 2 aromatic rings. The lowest BCUT2D eigenvalue weighted by atomic mass is 10.1. The Balaban J connectivity index is 1.72. The van der Waals surface area contributed by atoms with E-state index in [9.17, 15) is 4.79 Å². The summed E-state index contributed by atoms with van der Waals surface area (Å²) >= 11 is 0. The molecule has 0 radical (unpaired) electrons. The summed E-state index contributed by atoms with van der Waals surface area (Å²) < 4.78 is 2.02. The predicted molar refractivity (Wildman–Crippen MR) is 99.7 cm³/mol. The van der Waals surface area contributed by atoms with E-state index < -0.39 is 0 Å². The van der Waals surface area contributed by atoms with Gasteiger partial charge in [0.2, 0.25) is 5.91 Å². The van der Waals surface area contributed by atoms with Crippen LogP contribution in [0.2, 0.25) is 0 Å². The molecule has 1 aromatic carbocycles. The number of imidazole rings is 1. The average Bonchev–Trinajstić information content (AvgIpc) is 2.97. The third-order valence-electron chi connectivity index (χ3n) is 4.80. The highest BCUT2D eigenvalue weighted by Crippen LogP contribution is 2.23. The van der Waals surface area contributed by atoms with Crippen molar-refractivity contribution in [3.63, 3.8) is 0 Å². The minimum atomic E-state index is 0.0242. The van der Waals surface area contributed by atoms with Crippen molar-refractivity contribution in [3.8, 4) is 0 Å². The molecular weight excluding hydrogens is 314 g/mol. The Morgan fingerprint density at radius 1 is 1.32 bits per heavy atom. The Kier molecular flexibility index (Phi) is 5.20. The summed E-state index contributed by atoms with van der Waals surface area (Å²) in [7, 11) is 1.99. The molecule has 1 aliphatic heterocycles. The molecule has 1 saturated heterocycles. The van der Waals surface area contributed by atoms with E-state index in [-0.39, 0.29) is 11.9 Å². The third-order valence-corrected chi connectivity index (χ3v) is 4.80. The summed E-state index contributed by atoms with van der Waals surface area (Å²) in [5.74, 6) is 1.01. The van der Waals surface area contributed by atoms with Crippen LogP contribution in [0.25, 0.3) is 0 Å². The van der Waals surface area contributed by atoms with Gasteiger partial charge in [-0.05, 0) is 31.9 Å². The molecule has 134 valence electrons. The van der Waals surface area contributed by atoms with Crippen LogP contribution in [0.1, 0.15) is 28.6 Å². The van der Waals surface area contributed by atoms with E-state index in [1.807, 2.05) is 31.7 Å². The van der Waals surface area contributed by atoms with Crippen LogP contribution in [0.15, 0.2) is 24.5 Å². The molecule has 6 nitrogen and oxygen atoms in total. The van der Waals surface area contributed by atoms with E-state index in [2.05, 4.69) is 39.6 Å². The van der Waals surface area contributed by atoms with Crippen LogP contribution in [0.4, 0.5) is 5.69 Å². The van der Waals surface area contributed by atoms with Crippen molar-refractivity contribution in [1.82, 2.24) is 19.8 Å². The highest BCUT2D eigenvalue weighted by atomic mass is 16.2. The van der Waals surface area contributed by atoms with E-state index in [4.69, 9.17) is 0 Å². The Morgan fingerprint density at radius 3 is 2.68 bits per heavy atom. The van der Waals surface area contributed by atoms with Crippen LogP contribution in [0.5, 0.6) is 0 Å². The summed E-state index contributed by atoms with van der Waals surface area (Å²) in [5.41, 5.74) is 4.35. The molecule has 2 heterocycles. The molecule has 1 aliphatic rings. The SMILES string of the molecule is Cc1cc(C)c(NC(=O)CN2CCNCC2c2nccn2C)c(C)c1. The van der Waals surface area contributed by atoms with Gasteiger partial charge in [0.1, 0.15) is 5.82 Å². The number of benzene rings is 1. The molecule has 1 amide bonds. The fourth-order valence-electron chi connectivity index (χ4n) is 3.63. The van der Waals surface area contributed by atoms with Crippen LogP contribution >= 0.6 is 0 Å². The number of hydrogen-bond acceptors (Lipinski definition) is 4. The van der Waals surface area contributed by atoms with Crippen molar-refractivity contribution >= 4 is 11.6 Å². The first kappa shape index (κ1) is 17.6. The molecule has 2 N–H and O–H groups in total. The Bertz CT molecular complexity index is 744. The van der Waals surface area contributed by atoms with E-state index in [1.54, 1.807) is 6.20 Å². The second-order valence-electron chi connectivity index (χ2n) is 6.91. The number of piperazine rings is 1. The molecule has 0 bridgehead atoms. The van der Waals surface area contributed by atoms with Crippen LogP contribution in [-0.4, -0.2) is 46.5 Å². The van der Waals surface area contributed by atoms with Gasteiger partial charge in [-0.1, -0.05) is 17.7 Å². The number of aryl methyl sites for hydroxylation is 4. The van der Waals surface area contributed by atoms with Crippen molar-refractivity contribution in [1.29, 1.82) is 0 Å². The minimum absolute atomic E-state index is 0.0242.